The van der Waals surface area contributed by atoms with Gasteiger partial charge in [-0.05, 0) is 18.9 Å². The third-order valence-electron chi connectivity index (χ3n) is 2.84. The lowest BCUT2D eigenvalue weighted by molar-refractivity contribution is 0.0414. The molecular formula is C14H19FO. The number of benzene rings is 1. The van der Waals surface area contributed by atoms with Gasteiger partial charge in [-0.1, -0.05) is 56.2 Å². The fourth-order valence-electron chi connectivity index (χ4n) is 1.77. The molecule has 0 saturated carbocycles. The van der Waals surface area contributed by atoms with Crippen molar-refractivity contribution in [2.75, 3.05) is 0 Å². The van der Waals surface area contributed by atoms with E-state index in [1.54, 1.807) is 12.1 Å². The summed E-state index contributed by atoms with van der Waals surface area (Å²) in [6.45, 7) is 7.20. The van der Waals surface area contributed by atoms with Crippen LogP contribution in [0.1, 0.15) is 37.3 Å². The Hall–Kier alpha value is -1.15. The molecule has 88 valence electrons. The minimum atomic E-state index is -1.53. The number of hydrogen-bond acceptors (Lipinski definition) is 1. The third kappa shape index (κ3) is 2.70. The van der Waals surface area contributed by atoms with E-state index in [1.807, 2.05) is 26.0 Å². The summed E-state index contributed by atoms with van der Waals surface area (Å²) in [5.41, 5.74) is 0.0734. The molecule has 1 nitrogen and oxygen atoms in total. The summed E-state index contributed by atoms with van der Waals surface area (Å²) in [5.74, 6) is -0.674. The normalized spacial score (nSPS) is 14.5. The quantitative estimate of drug-likeness (QED) is 0.802. The van der Waals surface area contributed by atoms with Crippen LogP contribution in [0.4, 0.5) is 4.39 Å². The van der Waals surface area contributed by atoms with Crippen molar-refractivity contribution in [2.45, 2.75) is 38.7 Å². The van der Waals surface area contributed by atoms with Gasteiger partial charge in [0.2, 0.25) is 0 Å². The maximum absolute atomic E-state index is 13.4. The molecule has 0 spiro atoms. The summed E-state index contributed by atoms with van der Waals surface area (Å²) < 4.78 is 13.4. The highest BCUT2D eigenvalue weighted by molar-refractivity contribution is 5.32. The zero-order valence-electron chi connectivity index (χ0n) is 9.96. The van der Waals surface area contributed by atoms with E-state index in [4.69, 9.17) is 0 Å². The number of aliphatic hydroxyl groups is 1. The van der Waals surface area contributed by atoms with Gasteiger partial charge in [0.25, 0.3) is 0 Å². The molecule has 0 heterocycles. The Balaban J connectivity index is 3.06. The van der Waals surface area contributed by atoms with Crippen LogP contribution in [-0.2, 0) is 5.60 Å². The van der Waals surface area contributed by atoms with E-state index in [9.17, 15) is 9.50 Å². The fourth-order valence-corrected chi connectivity index (χ4v) is 1.77. The van der Waals surface area contributed by atoms with Gasteiger partial charge in [0, 0.05) is 0 Å². The van der Waals surface area contributed by atoms with Gasteiger partial charge in [-0.25, -0.2) is 4.39 Å². The Kier molecular flexibility index (Phi) is 4.25. The first-order valence-corrected chi connectivity index (χ1v) is 5.65. The lowest BCUT2D eigenvalue weighted by Crippen LogP contribution is -2.26. The molecular weight excluding hydrogens is 203 g/mol. The van der Waals surface area contributed by atoms with Crippen molar-refractivity contribution in [2.24, 2.45) is 0 Å². The summed E-state index contributed by atoms with van der Waals surface area (Å²) in [5, 5.41) is 10.3. The summed E-state index contributed by atoms with van der Waals surface area (Å²) in [6.07, 6.45) is 2.07. The van der Waals surface area contributed by atoms with E-state index in [0.717, 1.165) is 18.4 Å². The number of aryl methyl sites for hydroxylation is 1. The Bertz CT molecular complexity index is 373. The first kappa shape index (κ1) is 12.9. The Labute approximate surface area is 96.6 Å². The van der Waals surface area contributed by atoms with Crippen molar-refractivity contribution < 1.29 is 9.50 Å². The molecule has 0 saturated heterocycles. The van der Waals surface area contributed by atoms with Crippen LogP contribution < -0.4 is 0 Å². The molecule has 0 aromatic heterocycles. The molecule has 2 heteroatoms. The zero-order chi connectivity index (χ0) is 12.2. The Morgan fingerprint density at radius 1 is 1.50 bits per heavy atom. The summed E-state index contributed by atoms with van der Waals surface area (Å²) in [7, 11) is 0. The van der Waals surface area contributed by atoms with Gasteiger partial charge in [0.05, 0.1) is 0 Å². The highest BCUT2D eigenvalue weighted by atomic mass is 19.1. The van der Waals surface area contributed by atoms with E-state index in [2.05, 4.69) is 6.58 Å². The molecule has 1 aromatic carbocycles. The van der Waals surface area contributed by atoms with Crippen molar-refractivity contribution in [1.29, 1.82) is 0 Å². The predicted molar refractivity (Wildman–Crippen MR) is 64.8 cm³/mol. The molecule has 1 unspecified atom stereocenters. The minimum absolute atomic E-state index is 0.377. The van der Waals surface area contributed by atoms with Crippen LogP contribution in [0.25, 0.3) is 0 Å². The lowest BCUT2D eigenvalue weighted by Gasteiger charge is -2.27. The standard InChI is InChI=1S/C14H19FO/c1-4-5-9-14(16,12(3)15)13-8-6-7-11(2)10-13/h6-8,10,16H,3-5,9H2,1-2H3. The first-order valence-electron chi connectivity index (χ1n) is 5.65. The van der Waals surface area contributed by atoms with Gasteiger partial charge < -0.3 is 5.11 Å². The molecule has 0 aliphatic carbocycles. The fraction of sp³-hybridized carbons (Fsp3) is 0.429. The Morgan fingerprint density at radius 3 is 2.69 bits per heavy atom. The smallest absolute Gasteiger partial charge is 0.140 e. The second-order valence-electron chi connectivity index (χ2n) is 4.24. The maximum atomic E-state index is 13.4. The van der Waals surface area contributed by atoms with Crippen molar-refractivity contribution in [3.63, 3.8) is 0 Å². The molecule has 0 aliphatic heterocycles. The summed E-state index contributed by atoms with van der Waals surface area (Å²) in [4.78, 5) is 0. The van der Waals surface area contributed by atoms with Crippen molar-refractivity contribution in [3.8, 4) is 0 Å². The summed E-state index contributed by atoms with van der Waals surface area (Å²) >= 11 is 0. The highest BCUT2D eigenvalue weighted by Gasteiger charge is 2.32. The summed E-state index contributed by atoms with van der Waals surface area (Å²) in [6, 6.07) is 7.29. The predicted octanol–water partition coefficient (Wildman–Crippen LogP) is 3.86. The third-order valence-corrected chi connectivity index (χ3v) is 2.84. The monoisotopic (exact) mass is 222 g/mol. The van der Waals surface area contributed by atoms with Gasteiger partial charge >= 0.3 is 0 Å². The van der Waals surface area contributed by atoms with Crippen LogP contribution in [0.5, 0.6) is 0 Å². The van der Waals surface area contributed by atoms with Crippen LogP contribution in [0.2, 0.25) is 0 Å². The molecule has 0 bridgehead atoms. The van der Waals surface area contributed by atoms with Crippen molar-refractivity contribution in [1.82, 2.24) is 0 Å². The van der Waals surface area contributed by atoms with E-state index < -0.39 is 11.4 Å². The van der Waals surface area contributed by atoms with Crippen molar-refractivity contribution in [3.05, 3.63) is 47.8 Å². The molecule has 0 amide bonds. The van der Waals surface area contributed by atoms with E-state index in [1.165, 1.54) is 0 Å². The molecule has 16 heavy (non-hydrogen) atoms. The molecule has 0 radical (unpaired) electrons. The molecule has 1 aromatic rings. The SMILES string of the molecule is C=C(F)C(O)(CCCC)c1cccc(C)c1. The molecule has 0 aliphatic rings. The zero-order valence-corrected chi connectivity index (χ0v) is 9.96. The topological polar surface area (TPSA) is 20.2 Å². The average Bonchev–Trinajstić information content (AvgIpc) is 2.25. The van der Waals surface area contributed by atoms with Gasteiger partial charge in [-0.15, -0.1) is 0 Å². The van der Waals surface area contributed by atoms with E-state index >= 15 is 0 Å². The number of rotatable bonds is 5. The minimum Gasteiger partial charge on any atom is -0.378 e. The first-order chi connectivity index (χ1) is 7.50. The molecule has 0 fully saturated rings. The maximum Gasteiger partial charge on any atom is 0.140 e. The van der Waals surface area contributed by atoms with Gasteiger partial charge in [-0.3, -0.25) is 0 Å². The molecule has 1 N–H and O–H groups in total. The van der Waals surface area contributed by atoms with Crippen LogP contribution in [0.15, 0.2) is 36.7 Å². The van der Waals surface area contributed by atoms with Crippen LogP contribution in [0.3, 0.4) is 0 Å². The van der Waals surface area contributed by atoms with Gasteiger partial charge in [0.15, 0.2) is 0 Å². The van der Waals surface area contributed by atoms with Gasteiger partial charge in [-0.2, -0.15) is 0 Å². The number of hydrogen-bond donors (Lipinski definition) is 1. The number of halogens is 1. The van der Waals surface area contributed by atoms with Crippen LogP contribution >= 0.6 is 0 Å². The molecule has 1 rings (SSSR count). The Morgan fingerprint density at radius 2 is 2.19 bits per heavy atom. The van der Waals surface area contributed by atoms with E-state index in [-0.39, 0.29) is 0 Å². The second kappa shape index (κ2) is 5.26. The second-order valence-corrected chi connectivity index (χ2v) is 4.24. The van der Waals surface area contributed by atoms with Crippen LogP contribution in [0, 0.1) is 6.92 Å². The lowest BCUT2D eigenvalue weighted by atomic mass is 9.87. The average molecular weight is 222 g/mol. The largest absolute Gasteiger partial charge is 0.378 e. The molecule has 1 atom stereocenters. The van der Waals surface area contributed by atoms with Gasteiger partial charge in [0.1, 0.15) is 11.4 Å². The number of unbranched alkanes of at least 4 members (excludes halogenated alkanes) is 1. The van der Waals surface area contributed by atoms with Crippen LogP contribution in [-0.4, -0.2) is 5.11 Å². The van der Waals surface area contributed by atoms with E-state index in [0.29, 0.717) is 12.0 Å². The van der Waals surface area contributed by atoms with Crippen molar-refractivity contribution >= 4 is 0 Å². The highest BCUT2D eigenvalue weighted by Crippen LogP contribution is 2.34.